The number of likely N-dealkylation sites (N-methyl/N-ethyl adjacent to an activating group) is 1. The number of sulfonamides is 1. The van der Waals surface area contributed by atoms with Crippen LogP contribution in [0.3, 0.4) is 0 Å². The quantitative estimate of drug-likeness (QED) is 0.642. The minimum atomic E-state index is -3.68. The second kappa shape index (κ2) is 3.76. The minimum Gasteiger partial charge on any atom is -0.369 e. The molecule has 0 saturated heterocycles. The van der Waals surface area contributed by atoms with Crippen molar-refractivity contribution in [3.05, 3.63) is 12.5 Å². The topological polar surface area (TPSA) is 109 Å². The van der Waals surface area contributed by atoms with Crippen LogP contribution in [0.1, 0.15) is 0 Å². The van der Waals surface area contributed by atoms with Gasteiger partial charge in [-0.15, -0.1) is 0 Å². The Kier molecular flexibility index (Phi) is 2.87. The van der Waals surface area contributed by atoms with Crippen LogP contribution in [0.5, 0.6) is 0 Å². The van der Waals surface area contributed by atoms with Crippen LogP contribution < -0.4 is 5.73 Å². The average Bonchev–Trinajstić information content (AvgIpc) is 2.54. The molecule has 0 aliphatic carbocycles. The maximum absolute atomic E-state index is 11.6. The highest BCUT2D eigenvalue weighted by Gasteiger charge is 2.22. The number of hydrogen-bond acceptors (Lipinski definition) is 4. The molecule has 0 bridgehead atoms. The molecule has 7 nitrogen and oxygen atoms in total. The van der Waals surface area contributed by atoms with Crippen LogP contribution in [0, 0.1) is 0 Å². The lowest BCUT2D eigenvalue weighted by Gasteiger charge is -2.13. The lowest BCUT2D eigenvalue weighted by Crippen LogP contribution is -2.35. The molecule has 1 amide bonds. The van der Waals surface area contributed by atoms with Crippen molar-refractivity contribution in [2.45, 2.75) is 5.03 Å². The van der Waals surface area contributed by atoms with E-state index in [9.17, 15) is 13.2 Å². The number of carbonyl (C=O) groups excluding carboxylic acids is 1. The van der Waals surface area contributed by atoms with Gasteiger partial charge in [0, 0.05) is 7.05 Å². The van der Waals surface area contributed by atoms with E-state index in [2.05, 4.69) is 9.97 Å². The summed E-state index contributed by atoms with van der Waals surface area (Å²) in [6.07, 6.45) is 2.40. The zero-order chi connectivity index (χ0) is 10.8. The summed E-state index contributed by atoms with van der Waals surface area (Å²) >= 11 is 0. The fourth-order valence-electron chi connectivity index (χ4n) is 0.857. The molecule has 0 unspecified atom stereocenters. The highest BCUT2D eigenvalue weighted by Crippen LogP contribution is 2.08. The Bertz CT molecular complexity index is 410. The first-order chi connectivity index (χ1) is 6.44. The number of nitrogens with zero attached hydrogens (tertiary/aromatic N) is 2. The Morgan fingerprint density at radius 1 is 1.71 bits per heavy atom. The number of carbonyl (C=O) groups is 1. The Hall–Kier alpha value is -1.41. The van der Waals surface area contributed by atoms with Crippen molar-refractivity contribution in [3.8, 4) is 0 Å². The molecule has 14 heavy (non-hydrogen) atoms. The summed E-state index contributed by atoms with van der Waals surface area (Å²) in [4.78, 5) is 16.5. The summed E-state index contributed by atoms with van der Waals surface area (Å²) in [7, 11) is -2.41. The molecule has 1 aromatic rings. The average molecular weight is 218 g/mol. The van der Waals surface area contributed by atoms with Crippen molar-refractivity contribution in [3.63, 3.8) is 0 Å². The van der Waals surface area contributed by atoms with Crippen LogP contribution in [-0.4, -0.2) is 42.2 Å². The maximum atomic E-state index is 11.6. The Labute approximate surface area is 81.0 Å². The number of nitrogens with one attached hydrogen (secondary N) is 1. The molecule has 0 radical (unpaired) electrons. The lowest BCUT2D eigenvalue weighted by atomic mass is 10.6. The first-order valence-corrected chi connectivity index (χ1v) is 5.11. The third-order valence-corrected chi connectivity index (χ3v) is 3.27. The van der Waals surface area contributed by atoms with Gasteiger partial charge in [-0.2, -0.15) is 4.31 Å². The number of aromatic nitrogens is 2. The van der Waals surface area contributed by atoms with Gasteiger partial charge in [0.15, 0.2) is 5.03 Å². The van der Waals surface area contributed by atoms with Crippen molar-refractivity contribution in [2.75, 3.05) is 13.6 Å². The predicted octanol–water partition coefficient (Wildman–Crippen LogP) is -1.48. The smallest absolute Gasteiger partial charge is 0.260 e. The monoisotopic (exact) mass is 218 g/mol. The highest BCUT2D eigenvalue weighted by atomic mass is 32.2. The van der Waals surface area contributed by atoms with Crippen molar-refractivity contribution in [1.82, 2.24) is 14.3 Å². The number of amides is 1. The van der Waals surface area contributed by atoms with E-state index in [4.69, 9.17) is 5.73 Å². The third kappa shape index (κ3) is 2.09. The summed E-state index contributed by atoms with van der Waals surface area (Å²) in [6, 6.07) is 0. The maximum Gasteiger partial charge on any atom is 0.260 e. The van der Waals surface area contributed by atoms with Crippen LogP contribution in [0.25, 0.3) is 0 Å². The molecule has 0 atom stereocenters. The van der Waals surface area contributed by atoms with E-state index in [1.165, 1.54) is 13.4 Å². The van der Waals surface area contributed by atoms with Crippen LogP contribution in [0.4, 0.5) is 0 Å². The Morgan fingerprint density at radius 3 is 2.79 bits per heavy atom. The van der Waals surface area contributed by atoms with E-state index in [-0.39, 0.29) is 11.6 Å². The molecule has 8 heteroatoms. The number of aromatic amines is 1. The molecule has 0 saturated carbocycles. The van der Waals surface area contributed by atoms with Gasteiger partial charge in [0.1, 0.15) is 0 Å². The number of primary amides is 1. The number of hydrogen-bond donors (Lipinski definition) is 2. The lowest BCUT2D eigenvalue weighted by molar-refractivity contribution is -0.118. The van der Waals surface area contributed by atoms with Gasteiger partial charge in [-0.1, -0.05) is 0 Å². The van der Waals surface area contributed by atoms with Gasteiger partial charge in [0.25, 0.3) is 10.0 Å². The molecular weight excluding hydrogens is 208 g/mol. The third-order valence-electron chi connectivity index (χ3n) is 1.54. The van der Waals surface area contributed by atoms with E-state index >= 15 is 0 Å². The summed E-state index contributed by atoms with van der Waals surface area (Å²) in [5.74, 6) is -0.712. The Balaban J connectivity index is 2.92. The van der Waals surface area contributed by atoms with Gasteiger partial charge in [-0.05, 0) is 0 Å². The molecule has 0 aliphatic heterocycles. The standard InChI is InChI=1S/C6H10N4O3S/c1-10(3-5(7)11)14(12,13)6-2-8-4-9-6/h2,4H,3H2,1H3,(H2,7,11)(H,8,9). The summed E-state index contributed by atoms with van der Waals surface area (Å²) in [5, 5.41) is -0.0683. The van der Waals surface area contributed by atoms with E-state index < -0.39 is 15.9 Å². The van der Waals surface area contributed by atoms with E-state index in [0.717, 1.165) is 10.5 Å². The molecule has 3 N–H and O–H groups in total. The molecule has 78 valence electrons. The van der Waals surface area contributed by atoms with Gasteiger partial charge in [-0.25, -0.2) is 13.4 Å². The highest BCUT2D eigenvalue weighted by molar-refractivity contribution is 7.89. The SMILES string of the molecule is CN(CC(N)=O)S(=O)(=O)c1cnc[nH]1. The fraction of sp³-hybridized carbons (Fsp3) is 0.333. The normalized spacial score (nSPS) is 11.9. The number of imidazole rings is 1. The van der Waals surface area contributed by atoms with Crippen LogP contribution >= 0.6 is 0 Å². The largest absolute Gasteiger partial charge is 0.369 e. The number of nitrogens with two attached hydrogens (primary N) is 1. The summed E-state index contributed by atoms with van der Waals surface area (Å²) in [5.41, 5.74) is 4.87. The molecule has 1 rings (SSSR count). The van der Waals surface area contributed by atoms with Gasteiger partial charge in [0.05, 0.1) is 19.1 Å². The van der Waals surface area contributed by atoms with Crippen LogP contribution in [0.15, 0.2) is 17.6 Å². The minimum absolute atomic E-state index is 0.0683. The second-order valence-corrected chi connectivity index (χ2v) is 4.66. The zero-order valence-electron chi connectivity index (χ0n) is 7.47. The van der Waals surface area contributed by atoms with Crippen molar-refractivity contribution >= 4 is 15.9 Å². The van der Waals surface area contributed by atoms with Crippen molar-refractivity contribution in [1.29, 1.82) is 0 Å². The number of rotatable bonds is 4. The van der Waals surface area contributed by atoms with Gasteiger partial charge in [0.2, 0.25) is 5.91 Å². The van der Waals surface area contributed by atoms with Crippen molar-refractivity contribution in [2.24, 2.45) is 5.73 Å². The molecule has 1 aromatic heterocycles. The molecule has 0 aromatic carbocycles. The number of H-pyrrole nitrogens is 1. The molecule has 0 spiro atoms. The second-order valence-electron chi connectivity index (χ2n) is 2.64. The predicted molar refractivity (Wildman–Crippen MR) is 47.6 cm³/mol. The molecular formula is C6H10N4O3S. The van der Waals surface area contributed by atoms with Gasteiger partial charge < -0.3 is 10.7 Å². The summed E-state index contributed by atoms with van der Waals surface area (Å²) < 4.78 is 24.0. The van der Waals surface area contributed by atoms with Gasteiger partial charge >= 0.3 is 0 Å². The zero-order valence-corrected chi connectivity index (χ0v) is 8.28. The first kappa shape index (κ1) is 10.7. The fourth-order valence-corrected chi connectivity index (χ4v) is 1.89. The first-order valence-electron chi connectivity index (χ1n) is 3.67. The van der Waals surface area contributed by atoms with Crippen molar-refractivity contribution < 1.29 is 13.2 Å². The van der Waals surface area contributed by atoms with E-state index in [1.807, 2.05) is 0 Å². The molecule has 0 aliphatic rings. The Morgan fingerprint density at radius 2 is 2.36 bits per heavy atom. The summed E-state index contributed by atoms with van der Waals surface area (Å²) in [6.45, 7) is -0.360. The van der Waals surface area contributed by atoms with Crippen LogP contribution in [0.2, 0.25) is 0 Å². The van der Waals surface area contributed by atoms with Crippen LogP contribution in [-0.2, 0) is 14.8 Å². The molecule has 1 heterocycles. The van der Waals surface area contributed by atoms with Gasteiger partial charge in [-0.3, -0.25) is 4.79 Å². The molecule has 0 fully saturated rings. The van der Waals surface area contributed by atoms with E-state index in [1.54, 1.807) is 0 Å². The van der Waals surface area contributed by atoms with E-state index in [0.29, 0.717) is 0 Å².